The molecular formula is C23H23FN2O3S2. The van der Waals surface area contributed by atoms with Crippen molar-refractivity contribution in [2.75, 3.05) is 0 Å². The van der Waals surface area contributed by atoms with E-state index in [0.717, 1.165) is 11.1 Å². The number of nitrogens with zero attached hydrogens (tertiary/aromatic N) is 1. The predicted octanol–water partition coefficient (Wildman–Crippen LogP) is 5.64. The van der Waals surface area contributed by atoms with Crippen molar-refractivity contribution in [1.82, 2.24) is 10.2 Å². The summed E-state index contributed by atoms with van der Waals surface area (Å²) in [5, 5.41) is 2.71. The molecule has 0 saturated carbocycles. The van der Waals surface area contributed by atoms with E-state index in [1.807, 2.05) is 37.3 Å². The average molecular weight is 459 g/mol. The van der Waals surface area contributed by atoms with E-state index in [9.17, 15) is 14.0 Å². The second-order valence-electron chi connectivity index (χ2n) is 7.96. The fourth-order valence-corrected chi connectivity index (χ4v) is 4.37. The highest BCUT2D eigenvalue weighted by Crippen LogP contribution is 2.40. The van der Waals surface area contributed by atoms with E-state index in [1.54, 1.807) is 20.8 Å². The summed E-state index contributed by atoms with van der Waals surface area (Å²) < 4.78 is 19.1. The smallest absolute Gasteiger partial charge is 0.409 e. The van der Waals surface area contributed by atoms with E-state index < -0.39 is 23.7 Å². The number of carbonyl (C=O) groups is 2. The van der Waals surface area contributed by atoms with E-state index in [2.05, 4.69) is 5.32 Å². The van der Waals surface area contributed by atoms with Crippen LogP contribution in [0.4, 0.5) is 9.18 Å². The van der Waals surface area contributed by atoms with Gasteiger partial charge in [-0.1, -0.05) is 66.4 Å². The topological polar surface area (TPSA) is 58.6 Å². The molecule has 1 aliphatic rings. The van der Waals surface area contributed by atoms with Crippen LogP contribution in [0.3, 0.4) is 0 Å². The molecule has 1 saturated heterocycles. The monoisotopic (exact) mass is 458 g/mol. The molecule has 162 valence electrons. The van der Waals surface area contributed by atoms with Crippen LogP contribution in [0.1, 0.15) is 45.0 Å². The van der Waals surface area contributed by atoms with E-state index in [0.29, 0.717) is 14.8 Å². The number of ether oxygens (including phenoxy) is 1. The Morgan fingerprint density at radius 1 is 1.13 bits per heavy atom. The first kappa shape index (κ1) is 23.0. The summed E-state index contributed by atoms with van der Waals surface area (Å²) in [7, 11) is 0. The van der Waals surface area contributed by atoms with Crippen LogP contribution >= 0.6 is 24.0 Å². The van der Waals surface area contributed by atoms with Gasteiger partial charge < -0.3 is 4.74 Å². The number of thioether (sulfide) groups is 1. The summed E-state index contributed by atoms with van der Waals surface area (Å²) in [6.07, 6.45) is -1.65. The van der Waals surface area contributed by atoms with Gasteiger partial charge in [0.2, 0.25) is 0 Å². The van der Waals surface area contributed by atoms with Crippen molar-refractivity contribution >= 4 is 45.9 Å². The molecule has 0 spiro atoms. The first-order valence-electron chi connectivity index (χ1n) is 9.63. The van der Waals surface area contributed by atoms with E-state index >= 15 is 0 Å². The zero-order valence-corrected chi connectivity index (χ0v) is 19.3. The molecule has 1 aliphatic heterocycles. The van der Waals surface area contributed by atoms with Crippen molar-refractivity contribution in [2.45, 2.75) is 39.5 Å². The van der Waals surface area contributed by atoms with Gasteiger partial charge in [0, 0.05) is 0 Å². The molecule has 0 radical (unpaired) electrons. The number of hydrogen-bond acceptors (Lipinski definition) is 5. The quantitative estimate of drug-likeness (QED) is 0.475. The Labute approximate surface area is 190 Å². The minimum atomic E-state index is -0.941. The summed E-state index contributed by atoms with van der Waals surface area (Å²) in [4.78, 5) is 27.7. The van der Waals surface area contributed by atoms with Gasteiger partial charge in [-0.05, 0) is 56.5 Å². The molecule has 2 aromatic rings. The molecule has 1 fully saturated rings. The van der Waals surface area contributed by atoms with Gasteiger partial charge in [0.05, 0.1) is 4.91 Å². The highest BCUT2D eigenvalue weighted by Gasteiger charge is 2.40. The Morgan fingerprint density at radius 2 is 1.74 bits per heavy atom. The number of halogens is 1. The standard InChI is InChI=1S/C23H23FN2O3S2/c1-14(15-8-6-5-7-9-15)18-20(27)26(22(30)31-18)19(16-10-12-17(24)13-11-16)25-21(28)29-23(2,3)4/h5-13,19H,1-4H3,(H,25,28)/b18-14-. The molecular weight excluding hydrogens is 435 g/mol. The van der Waals surface area contributed by atoms with Crippen LogP contribution in [-0.4, -0.2) is 26.8 Å². The summed E-state index contributed by atoms with van der Waals surface area (Å²) in [6, 6.07) is 15.1. The normalized spacial score (nSPS) is 16.9. The number of alkyl carbamates (subject to hydrolysis) is 1. The van der Waals surface area contributed by atoms with Crippen molar-refractivity contribution in [3.8, 4) is 0 Å². The van der Waals surface area contributed by atoms with Crippen LogP contribution < -0.4 is 5.32 Å². The lowest BCUT2D eigenvalue weighted by Gasteiger charge is -2.29. The zero-order valence-electron chi connectivity index (χ0n) is 17.6. The Kier molecular flexibility index (Phi) is 6.81. The molecule has 0 aliphatic carbocycles. The van der Waals surface area contributed by atoms with Crippen LogP contribution in [0.15, 0.2) is 59.5 Å². The second kappa shape index (κ2) is 9.20. The summed E-state index contributed by atoms with van der Waals surface area (Å²) in [6.45, 7) is 7.08. The van der Waals surface area contributed by atoms with Crippen molar-refractivity contribution in [1.29, 1.82) is 0 Å². The Morgan fingerprint density at radius 3 is 2.32 bits per heavy atom. The molecule has 1 heterocycles. The number of hydrogen-bond donors (Lipinski definition) is 1. The van der Waals surface area contributed by atoms with Gasteiger partial charge in [0.1, 0.15) is 21.9 Å². The van der Waals surface area contributed by atoms with Gasteiger partial charge in [0.25, 0.3) is 5.91 Å². The molecule has 1 N–H and O–H groups in total. The molecule has 1 atom stereocenters. The van der Waals surface area contributed by atoms with Gasteiger partial charge in [-0.25, -0.2) is 9.18 Å². The van der Waals surface area contributed by atoms with Crippen molar-refractivity contribution in [3.63, 3.8) is 0 Å². The molecule has 3 rings (SSSR count). The van der Waals surface area contributed by atoms with Gasteiger partial charge in [0.15, 0.2) is 0 Å². The van der Waals surface area contributed by atoms with Crippen LogP contribution in [0.2, 0.25) is 0 Å². The van der Waals surface area contributed by atoms with E-state index in [1.165, 1.54) is 40.9 Å². The molecule has 8 heteroatoms. The lowest BCUT2D eigenvalue weighted by Crippen LogP contribution is -2.45. The molecule has 0 aromatic heterocycles. The zero-order chi connectivity index (χ0) is 22.8. The summed E-state index contributed by atoms with van der Waals surface area (Å²) >= 11 is 6.67. The maximum absolute atomic E-state index is 13.5. The van der Waals surface area contributed by atoms with E-state index in [4.69, 9.17) is 17.0 Å². The molecule has 0 bridgehead atoms. The van der Waals surface area contributed by atoms with Crippen molar-refractivity contribution in [2.24, 2.45) is 0 Å². The van der Waals surface area contributed by atoms with Crippen LogP contribution in [0, 0.1) is 5.82 Å². The lowest BCUT2D eigenvalue weighted by molar-refractivity contribution is -0.124. The highest BCUT2D eigenvalue weighted by atomic mass is 32.2. The fourth-order valence-electron chi connectivity index (χ4n) is 3.01. The molecule has 2 amide bonds. The second-order valence-corrected chi connectivity index (χ2v) is 9.61. The number of benzene rings is 2. The summed E-state index contributed by atoms with van der Waals surface area (Å²) in [5.74, 6) is -0.758. The molecule has 1 unspecified atom stereocenters. The van der Waals surface area contributed by atoms with Crippen molar-refractivity contribution in [3.05, 3.63) is 76.4 Å². The predicted molar refractivity (Wildman–Crippen MR) is 125 cm³/mol. The first-order chi connectivity index (χ1) is 14.6. The largest absolute Gasteiger partial charge is 0.444 e. The van der Waals surface area contributed by atoms with Crippen LogP contribution in [-0.2, 0) is 9.53 Å². The number of thiocarbonyl (C=S) groups is 1. The lowest BCUT2D eigenvalue weighted by atomic mass is 10.1. The molecule has 5 nitrogen and oxygen atoms in total. The van der Waals surface area contributed by atoms with Gasteiger partial charge >= 0.3 is 6.09 Å². The third-order valence-corrected chi connectivity index (χ3v) is 5.95. The maximum Gasteiger partial charge on any atom is 0.409 e. The Hall–Kier alpha value is -2.71. The average Bonchev–Trinajstić information content (AvgIpc) is 3.00. The summed E-state index contributed by atoms with van der Waals surface area (Å²) in [5.41, 5.74) is 1.47. The third kappa shape index (κ3) is 5.51. The Balaban J connectivity index is 1.98. The SMILES string of the molecule is C/C(=C1/SC(=S)N(C(NC(=O)OC(C)(C)C)c2ccc(F)cc2)C1=O)c1ccccc1. The van der Waals surface area contributed by atoms with Crippen LogP contribution in [0.5, 0.6) is 0 Å². The minimum absolute atomic E-state index is 0.292. The first-order valence-corrected chi connectivity index (χ1v) is 10.9. The highest BCUT2D eigenvalue weighted by molar-refractivity contribution is 8.26. The number of amides is 2. The number of nitrogens with one attached hydrogen (secondary N) is 1. The van der Waals surface area contributed by atoms with Gasteiger partial charge in [-0.2, -0.15) is 0 Å². The third-order valence-electron chi connectivity index (χ3n) is 4.44. The van der Waals surface area contributed by atoms with Crippen LogP contribution in [0.25, 0.3) is 5.57 Å². The fraction of sp³-hybridized carbons (Fsp3) is 0.261. The minimum Gasteiger partial charge on any atom is -0.444 e. The van der Waals surface area contributed by atoms with E-state index in [-0.39, 0.29) is 5.91 Å². The number of carbonyl (C=O) groups excluding carboxylic acids is 2. The number of allylic oxidation sites excluding steroid dienone is 1. The number of rotatable bonds is 4. The molecule has 2 aromatic carbocycles. The maximum atomic E-state index is 13.5. The van der Waals surface area contributed by atoms with Crippen molar-refractivity contribution < 1.29 is 18.7 Å². The van der Waals surface area contributed by atoms with Gasteiger partial charge in [-0.3, -0.25) is 15.0 Å². The van der Waals surface area contributed by atoms with Gasteiger partial charge in [-0.15, -0.1) is 0 Å². The molecule has 31 heavy (non-hydrogen) atoms. The Bertz CT molecular complexity index is 1030.